The van der Waals surface area contributed by atoms with Crippen LogP contribution in [0.4, 0.5) is 5.69 Å². The standard InChI is InChI=1S/C14H21N3O2/c1-10(18)13-6-5-12(8-16-13)17-7-3-4-11(9-17)14(19)15-2/h5-6,8,10-11,18H,3-4,7,9H2,1-2H3,(H,15,19). The highest BCUT2D eigenvalue weighted by atomic mass is 16.3. The molecule has 2 atom stereocenters. The number of aromatic nitrogens is 1. The van der Waals surface area contributed by atoms with Crippen LogP contribution in [0.1, 0.15) is 31.6 Å². The molecule has 0 radical (unpaired) electrons. The van der Waals surface area contributed by atoms with Gasteiger partial charge in [-0.3, -0.25) is 9.78 Å². The molecule has 5 nitrogen and oxygen atoms in total. The number of anilines is 1. The fraction of sp³-hybridized carbons (Fsp3) is 0.571. The molecule has 2 N–H and O–H groups in total. The highest BCUT2D eigenvalue weighted by molar-refractivity contribution is 5.79. The van der Waals surface area contributed by atoms with Gasteiger partial charge in [-0.1, -0.05) is 0 Å². The Balaban J connectivity index is 2.06. The highest BCUT2D eigenvalue weighted by Crippen LogP contribution is 2.23. The van der Waals surface area contributed by atoms with Crippen LogP contribution in [0.15, 0.2) is 18.3 Å². The molecule has 1 aliphatic rings. The first-order valence-electron chi connectivity index (χ1n) is 6.72. The molecule has 1 aromatic heterocycles. The summed E-state index contributed by atoms with van der Waals surface area (Å²) in [7, 11) is 1.68. The molecule has 0 bridgehead atoms. The van der Waals surface area contributed by atoms with Crippen molar-refractivity contribution >= 4 is 11.6 Å². The van der Waals surface area contributed by atoms with Crippen LogP contribution in [0.5, 0.6) is 0 Å². The van der Waals surface area contributed by atoms with Gasteiger partial charge in [-0.25, -0.2) is 0 Å². The molecule has 19 heavy (non-hydrogen) atoms. The van der Waals surface area contributed by atoms with Crippen molar-refractivity contribution in [1.29, 1.82) is 0 Å². The van der Waals surface area contributed by atoms with Gasteiger partial charge in [0.25, 0.3) is 0 Å². The molecule has 1 aliphatic heterocycles. The first-order chi connectivity index (χ1) is 9.11. The summed E-state index contributed by atoms with van der Waals surface area (Å²) in [6.07, 6.45) is 3.17. The molecule has 2 rings (SSSR count). The topological polar surface area (TPSA) is 65.5 Å². The van der Waals surface area contributed by atoms with Crippen LogP contribution in [0, 0.1) is 5.92 Å². The van der Waals surface area contributed by atoms with Gasteiger partial charge in [-0.2, -0.15) is 0 Å². The molecule has 1 amide bonds. The number of hydrogen-bond donors (Lipinski definition) is 2. The summed E-state index contributed by atoms with van der Waals surface area (Å²) in [6, 6.07) is 3.80. The van der Waals surface area contributed by atoms with Crippen LogP contribution in [0.3, 0.4) is 0 Å². The first-order valence-corrected chi connectivity index (χ1v) is 6.72. The Bertz CT molecular complexity index is 431. The number of aliphatic hydroxyl groups is 1. The third-order valence-corrected chi connectivity index (χ3v) is 3.60. The number of carbonyl (C=O) groups excluding carboxylic acids is 1. The third kappa shape index (κ3) is 3.23. The summed E-state index contributed by atoms with van der Waals surface area (Å²) in [5.74, 6) is 0.161. The average Bonchev–Trinajstić information content (AvgIpc) is 2.46. The lowest BCUT2D eigenvalue weighted by molar-refractivity contribution is -0.124. The van der Waals surface area contributed by atoms with Crippen molar-refractivity contribution in [2.75, 3.05) is 25.0 Å². The molecule has 0 spiro atoms. The molecule has 1 fully saturated rings. The largest absolute Gasteiger partial charge is 0.387 e. The molecular formula is C14H21N3O2. The number of rotatable bonds is 3. The van der Waals surface area contributed by atoms with E-state index in [1.165, 1.54) is 0 Å². The van der Waals surface area contributed by atoms with Crippen molar-refractivity contribution in [2.24, 2.45) is 5.92 Å². The zero-order valence-electron chi connectivity index (χ0n) is 11.5. The van der Waals surface area contributed by atoms with Gasteiger partial charge in [0.15, 0.2) is 0 Å². The lowest BCUT2D eigenvalue weighted by Gasteiger charge is -2.33. The van der Waals surface area contributed by atoms with Gasteiger partial charge in [0.1, 0.15) is 0 Å². The molecular weight excluding hydrogens is 242 g/mol. The fourth-order valence-electron chi connectivity index (χ4n) is 2.46. The summed E-state index contributed by atoms with van der Waals surface area (Å²) in [6.45, 7) is 3.38. The summed E-state index contributed by atoms with van der Waals surface area (Å²) in [5.41, 5.74) is 1.68. The Labute approximate surface area is 113 Å². The molecule has 1 aromatic rings. The Hall–Kier alpha value is -1.62. The monoisotopic (exact) mass is 263 g/mol. The van der Waals surface area contributed by atoms with Crippen molar-refractivity contribution in [3.05, 3.63) is 24.0 Å². The van der Waals surface area contributed by atoms with Crippen molar-refractivity contribution < 1.29 is 9.90 Å². The van der Waals surface area contributed by atoms with Crippen LogP contribution < -0.4 is 10.2 Å². The van der Waals surface area contributed by atoms with Crippen LogP contribution in [-0.4, -0.2) is 36.1 Å². The number of nitrogens with zero attached hydrogens (tertiary/aromatic N) is 2. The first kappa shape index (κ1) is 13.8. The second kappa shape index (κ2) is 6.02. The molecule has 5 heteroatoms. The smallest absolute Gasteiger partial charge is 0.224 e. The normalized spacial score (nSPS) is 21.0. The molecule has 1 saturated heterocycles. The van der Waals surface area contributed by atoms with E-state index in [1.807, 2.05) is 12.1 Å². The zero-order valence-corrected chi connectivity index (χ0v) is 11.5. The number of piperidine rings is 1. The summed E-state index contributed by atoms with van der Waals surface area (Å²) in [5, 5.41) is 12.2. The second-order valence-corrected chi connectivity index (χ2v) is 5.02. The van der Waals surface area contributed by atoms with Crippen molar-refractivity contribution in [3.63, 3.8) is 0 Å². The zero-order chi connectivity index (χ0) is 13.8. The van der Waals surface area contributed by atoms with Crippen LogP contribution in [0.2, 0.25) is 0 Å². The maximum Gasteiger partial charge on any atom is 0.224 e. The van der Waals surface area contributed by atoms with Gasteiger partial charge < -0.3 is 15.3 Å². The molecule has 0 aromatic carbocycles. The van der Waals surface area contributed by atoms with Gasteiger partial charge in [0.05, 0.1) is 29.6 Å². The van der Waals surface area contributed by atoms with E-state index in [9.17, 15) is 9.90 Å². The number of aliphatic hydroxyl groups excluding tert-OH is 1. The van der Waals surface area contributed by atoms with Crippen molar-refractivity contribution in [2.45, 2.75) is 25.9 Å². The molecule has 0 saturated carbocycles. The predicted octanol–water partition coefficient (Wildman–Crippen LogP) is 1.10. The van der Waals surface area contributed by atoms with E-state index in [0.29, 0.717) is 5.69 Å². The van der Waals surface area contributed by atoms with E-state index >= 15 is 0 Å². The summed E-state index contributed by atoms with van der Waals surface area (Å²) < 4.78 is 0. The minimum atomic E-state index is -0.547. The highest BCUT2D eigenvalue weighted by Gasteiger charge is 2.25. The van der Waals surface area contributed by atoms with E-state index < -0.39 is 6.10 Å². The predicted molar refractivity (Wildman–Crippen MR) is 73.9 cm³/mol. The Kier molecular flexibility index (Phi) is 4.37. The maximum absolute atomic E-state index is 11.7. The average molecular weight is 263 g/mol. The minimum absolute atomic E-state index is 0.0511. The van der Waals surface area contributed by atoms with E-state index in [0.717, 1.165) is 31.6 Å². The SMILES string of the molecule is CNC(=O)C1CCCN(c2ccc(C(C)O)nc2)C1. The van der Waals surface area contributed by atoms with Gasteiger partial charge in [-0.15, -0.1) is 0 Å². The Morgan fingerprint density at radius 3 is 2.95 bits per heavy atom. The Morgan fingerprint density at radius 1 is 1.58 bits per heavy atom. The quantitative estimate of drug-likeness (QED) is 0.857. The molecule has 2 unspecified atom stereocenters. The summed E-state index contributed by atoms with van der Waals surface area (Å²) in [4.78, 5) is 18.1. The van der Waals surface area contributed by atoms with E-state index in [4.69, 9.17) is 0 Å². The number of amides is 1. The maximum atomic E-state index is 11.7. The van der Waals surface area contributed by atoms with Crippen LogP contribution in [0.25, 0.3) is 0 Å². The molecule has 2 heterocycles. The number of nitrogens with one attached hydrogen (secondary N) is 1. The lowest BCUT2D eigenvalue weighted by atomic mass is 9.97. The second-order valence-electron chi connectivity index (χ2n) is 5.02. The van der Waals surface area contributed by atoms with Gasteiger partial charge in [-0.05, 0) is 31.9 Å². The molecule has 0 aliphatic carbocycles. The van der Waals surface area contributed by atoms with Crippen molar-refractivity contribution in [3.8, 4) is 0 Å². The van der Waals surface area contributed by atoms with Gasteiger partial charge >= 0.3 is 0 Å². The summed E-state index contributed by atoms with van der Waals surface area (Å²) >= 11 is 0. The van der Waals surface area contributed by atoms with E-state index in [-0.39, 0.29) is 11.8 Å². The number of pyridine rings is 1. The van der Waals surface area contributed by atoms with Crippen molar-refractivity contribution in [1.82, 2.24) is 10.3 Å². The number of hydrogen-bond acceptors (Lipinski definition) is 4. The van der Waals surface area contributed by atoms with E-state index in [1.54, 1.807) is 20.2 Å². The number of carbonyl (C=O) groups is 1. The van der Waals surface area contributed by atoms with Gasteiger partial charge in [0.2, 0.25) is 5.91 Å². The van der Waals surface area contributed by atoms with Crippen LogP contribution >= 0.6 is 0 Å². The van der Waals surface area contributed by atoms with Crippen LogP contribution in [-0.2, 0) is 4.79 Å². The minimum Gasteiger partial charge on any atom is -0.387 e. The fourth-order valence-corrected chi connectivity index (χ4v) is 2.46. The molecule has 104 valence electrons. The van der Waals surface area contributed by atoms with Gasteiger partial charge in [0, 0.05) is 20.1 Å². The third-order valence-electron chi connectivity index (χ3n) is 3.60. The Morgan fingerprint density at radius 2 is 2.37 bits per heavy atom. The van der Waals surface area contributed by atoms with E-state index in [2.05, 4.69) is 15.2 Å². The lowest BCUT2D eigenvalue weighted by Crippen LogP contribution is -2.42.